The van der Waals surface area contributed by atoms with Crippen molar-refractivity contribution in [2.24, 2.45) is 0 Å². The number of carbonyl (C=O) groups excluding carboxylic acids is 2. The van der Waals surface area contributed by atoms with Gasteiger partial charge in [-0.2, -0.15) is 0 Å². The Kier molecular flexibility index (Phi) is 2.68. The molecule has 3 N–H and O–H groups in total. The molecule has 1 atom stereocenters. The lowest BCUT2D eigenvalue weighted by molar-refractivity contribution is -0.126. The van der Waals surface area contributed by atoms with Crippen LogP contribution in [0.4, 0.5) is 17.1 Å². The van der Waals surface area contributed by atoms with Gasteiger partial charge < -0.3 is 16.0 Å². The molecule has 0 aliphatic carbocycles. The molecule has 1 unspecified atom stereocenters. The zero-order valence-electron chi connectivity index (χ0n) is 11.4. The Hall–Kier alpha value is -2.53. The average Bonchev–Trinajstić information content (AvgIpc) is 2.49. The minimum Gasteiger partial charge on any atom is -0.365 e. The predicted octanol–water partition coefficient (Wildman–Crippen LogP) is 2.94. The molecule has 5 nitrogen and oxygen atoms in total. The third-order valence-electron chi connectivity index (χ3n) is 4.07. The number of amides is 2. The Morgan fingerprint density at radius 2 is 1.73 bits per heavy atom. The lowest BCUT2D eigenvalue weighted by Crippen LogP contribution is -2.54. The van der Waals surface area contributed by atoms with E-state index in [0.29, 0.717) is 22.0 Å². The van der Waals surface area contributed by atoms with Crippen LogP contribution < -0.4 is 16.0 Å². The van der Waals surface area contributed by atoms with Crippen molar-refractivity contribution in [2.45, 2.75) is 12.0 Å². The summed E-state index contributed by atoms with van der Waals surface area (Å²) in [6.07, 6.45) is 0.0144. The lowest BCUT2D eigenvalue weighted by atomic mass is 9.80. The second kappa shape index (κ2) is 4.48. The fraction of sp³-hybridized carbons (Fsp3) is 0.125. The molecule has 22 heavy (non-hydrogen) atoms. The summed E-state index contributed by atoms with van der Waals surface area (Å²) in [6, 6.07) is 12.7. The Bertz CT molecular complexity index is 821. The number of rotatable bonds is 0. The molecule has 2 heterocycles. The maximum absolute atomic E-state index is 12.8. The molecule has 0 radical (unpaired) electrons. The highest BCUT2D eigenvalue weighted by Gasteiger charge is 2.49. The molecule has 6 heteroatoms. The van der Waals surface area contributed by atoms with Crippen LogP contribution in [0.25, 0.3) is 0 Å². The number of carbonyl (C=O) groups is 2. The standard InChI is InChI=1S/C16H12ClN3O2/c17-10-5-3-4-9-14(10)19-13(21)8-16(9)15(22)18-11-6-1-2-7-12(11)20-16/h1-7,20H,8H2,(H,18,22)(H,19,21). The van der Waals surface area contributed by atoms with Crippen LogP contribution in [-0.2, 0) is 15.1 Å². The van der Waals surface area contributed by atoms with E-state index in [9.17, 15) is 9.59 Å². The van der Waals surface area contributed by atoms with E-state index in [1.165, 1.54) is 0 Å². The fourth-order valence-corrected chi connectivity index (χ4v) is 3.28. The van der Waals surface area contributed by atoms with Gasteiger partial charge >= 0.3 is 0 Å². The summed E-state index contributed by atoms with van der Waals surface area (Å²) in [5, 5.41) is 9.29. The highest BCUT2D eigenvalue weighted by Crippen LogP contribution is 2.45. The number of para-hydroxylation sites is 3. The number of hydrogen-bond donors (Lipinski definition) is 3. The number of nitrogens with one attached hydrogen (secondary N) is 3. The topological polar surface area (TPSA) is 70.2 Å². The van der Waals surface area contributed by atoms with Crippen molar-refractivity contribution in [2.75, 3.05) is 16.0 Å². The summed E-state index contributed by atoms with van der Waals surface area (Å²) in [5.41, 5.74) is 1.50. The number of anilines is 3. The second-order valence-electron chi connectivity index (χ2n) is 5.42. The fourth-order valence-electron chi connectivity index (χ4n) is 3.06. The van der Waals surface area contributed by atoms with Crippen molar-refractivity contribution < 1.29 is 9.59 Å². The Morgan fingerprint density at radius 1 is 0.955 bits per heavy atom. The molecule has 0 fully saturated rings. The quantitative estimate of drug-likeness (QED) is 0.700. The monoisotopic (exact) mass is 313 g/mol. The van der Waals surface area contributed by atoms with E-state index in [2.05, 4.69) is 16.0 Å². The Labute approximate surface area is 131 Å². The third-order valence-corrected chi connectivity index (χ3v) is 4.39. The summed E-state index contributed by atoms with van der Waals surface area (Å²) >= 11 is 6.18. The first-order chi connectivity index (χ1) is 10.6. The molecule has 110 valence electrons. The highest BCUT2D eigenvalue weighted by atomic mass is 35.5. The molecule has 0 aromatic heterocycles. The smallest absolute Gasteiger partial charge is 0.255 e. The average molecular weight is 314 g/mol. The number of halogens is 1. The first-order valence-corrected chi connectivity index (χ1v) is 7.25. The Morgan fingerprint density at radius 3 is 2.55 bits per heavy atom. The zero-order valence-corrected chi connectivity index (χ0v) is 12.2. The van der Waals surface area contributed by atoms with Gasteiger partial charge in [0.1, 0.15) is 0 Å². The largest absolute Gasteiger partial charge is 0.365 e. The lowest BCUT2D eigenvalue weighted by Gasteiger charge is -2.42. The van der Waals surface area contributed by atoms with Gasteiger partial charge in [-0.05, 0) is 18.2 Å². The molecule has 0 bridgehead atoms. The summed E-state index contributed by atoms with van der Waals surface area (Å²) in [5.74, 6) is -0.507. The summed E-state index contributed by atoms with van der Waals surface area (Å²) in [7, 11) is 0. The van der Waals surface area contributed by atoms with Gasteiger partial charge in [0.05, 0.1) is 28.5 Å². The summed E-state index contributed by atoms with van der Waals surface area (Å²) in [4.78, 5) is 24.9. The summed E-state index contributed by atoms with van der Waals surface area (Å²) in [6.45, 7) is 0. The number of benzene rings is 2. The SMILES string of the molecule is O=C1CC2(Nc3ccccc3NC2=O)c2cccc(Cl)c2N1. The van der Waals surface area contributed by atoms with Gasteiger partial charge in [-0.15, -0.1) is 0 Å². The maximum atomic E-state index is 12.8. The molecule has 2 aliphatic heterocycles. The van der Waals surface area contributed by atoms with Crippen LogP contribution in [0.3, 0.4) is 0 Å². The molecule has 2 aromatic rings. The van der Waals surface area contributed by atoms with Gasteiger partial charge in [0.2, 0.25) is 5.91 Å². The number of fused-ring (bicyclic) bond motifs is 3. The van der Waals surface area contributed by atoms with Gasteiger partial charge in [-0.1, -0.05) is 35.9 Å². The minimum atomic E-state index is -1.14. The summed E-state index contributed by atoms with van der Waals surface area (Å²) < 4.78 is 0. The van der Waals surface area contributed by atoms with Gasteiger partial charge in [0.25, 0.3) is 5.91 Å². The highest BCUT2D eigenvalue weighted by molar-refractivity contribution is 6.34. The molecule has 0 saturated carbocycles. The maximum Gasteiger partial charge on any atom is 0.255 e. The van der Waals surface area contributed by atoms with Crippen LogP contribution >= 0.6 is 11.6 Å². The molecular formula is C16H12ClN3O2. The minimum absolute atomic E-state index is 0.0144. The van der Waals surface area contributed by atoms with E-state index >= 15 is 0 Å². The first kappa shape index (κ1) is 13.2. The van der Waals surface area contributed by atoms with Crippen molar-refractivity contribution in [3.63, 3.8) is 0 Å². The van der Waals surface area contributed by atoms with E-state index in [0.717, 1.165) is 5.69 Å². The molecule has 2 amide bonds. The van der Waals surface area contributed by atoms with Crippen LogP contribution in [0.15, 0.2) is 42.5 Å². The van der Waals surface area contributed by atoms with Crippen molar-refractivity contribution in [3.05, 3.63) is 53.1 Å². The molecule has 2 aromatic carbocycles. The van der Waals surface area contributed by atoms with Crippen molar-refractivity contribution in [3.8, 4) is 0 Å². The van der Waals surface area contributed by atoms with E-state index < -0.39 is 5.54 Å². The molecular weight excluding hydrogens is 302 g/mol. The third kappa shape index (κ3) is 1.72. The Balaban J connectivity index is 1.94. The number of hydrogen-bond acceptors (Lipinski definition) is 3. The van der Waals surface area contributed by atoms with Crippen LogP contribution in [0.2, 0.25) is 5.02 Å². The molecule has 4 rings (SSSR count). The van der Waals surface area contributed by atoms with Gasteiger partial charge in [-0.3, -0.25) is 9.59 Å². The molecule has 0 saturated heterocycles. The van der Waals surface area contributed by atoms with E-state index in [-0.39, 0.29) is 18.2 Å². The van der Waals surface area contributed by atoms with E-state index in [1.807, 2.05) is 24.3 Å². The van der Waals surface area contributed by atoms with E-state index in [1.54, 1.807) is 18.2 Å². The van der Waals surface area contributed by atoms with Gasteiger partial charge in [0.15, 0.2) is 5.54 Å². The van der Waals surface area contributed by atoms with Crippen LogP contribution in [-0.4, -0.2) is 11.8 Å². The van der Waals surface area contributed by atoms with E-state index in [4.69, 9.17) is 11.6 Å². The second-order valence-corrected chi connectivity index (χ2v) is 5.82. The van der Waals surface area contributed by atoms with Gasteiger partial charge in [0, 0.05) is 5.56 Å². The molecule has 1 spiro atoms. The predicted molar refractivity (Wildman–Crippen MR) is 85.1 cm³/mol. The first-order valence-electron chi connectivity index (χ1n) is 6.88. The normalized spacial score (nSPS) is 22.2. The molecule has 2 aliphatic rings. The van der Waals surface area contributed by atoms with Crippen molar-refractivity contribution in [1.82, 2.24) is 0 Å². The zero-order chi connectivity index (χ0) is 15.3. The van der Waals surface area contributed by atoms with Crippen molar-refractivity contribution in [1.29, 1.82) is 0 Å². The van der Waals surface area contributed by atoms with Crippen LogP contribution in [0.5, 0.6) is 0 Å². The van der Waals surface area contributed by atoms with Crippen LogP contribution in [0, 0.1) is 0 Å². The van der Waals surface area contributed by atoms with Crippen molar-refractivity contribution >= 4 is 40.5 Å². The van der Waals surface area contributed by atoms with Crippen LogP contribution in [0.1, 0.15) is 12.0 Å². The van der Waals surface area contributed by atoms with Gasteiger partial charge in [-0.25, -0.2) is 0 Å².